The van der Waals surface area contributed by atoms with E-state index in [1.165, 1.54) is 4.88 Å². The summed E-state index contributed by atoms with van der Waals surface area (Å²) in [7, 11) is 0. The Bertz CT molecular complexity index is 905. The van der Waals surface area contributed by atoms with E-state index < -0.39 is 0 Å². The quantitative estimate of drug-likeness (QED) is 0.536. The summed E-state index contributed by atoms with van der Waals surface area (Å²) >= 11 is 1.56. The zero-order chi connectivity index (χ0) is 19.9. The minimum atomic E-state index is 0.268. The van der Waals surface area contributed by atoms with Gasteiger partial charge < -0.3 is 10.5 Å². The number of aromatic nitrogens is 3. The molecule has 0 unspecified atom stereocenters. The predicted octanol–water partition coefficient (Wildman–Crippen LogP) is 5.23. The topological polar surface area (TPSA) is 73.9 Å². The molecule has 0 aliphatic heterocycles. The highest BCUT2D eigenvalue weighted by molar-refractivity contribution is 7.15. The van der Waals surface area contributed by atoms with Crippen molar-refractivity contribution in [2.24, 2.45) is 0 Å². The molecule has 0 aliphatic rings. The van der Waals surface area contributed by atoms with Gasteiger partial charge in [0.2, 0.25) is 0 Å². The zero-order valence-electron chi connectivity index (χ0n) is 16.8. The van der Waals surface area contributed by atoms with E-state index in [9.17, 15) is 0 Å². The number of ether oxygens (including phenoxy) is 1. The van der Waals surface area contributed by atoms with Gasteiger partial charge in [-0.2, -0.15) is 0 Å². The van der Waals surface area contributed by atoms with Crippen LogP contribution in [0.15, 0.2) is 36.8 Å². The van der Waals surface area contributed by atoms with Crippen LogP contribution in [0, 0.1) is 6.92 Å². The summed E-state index contributed by atoms with van der Waals surface area (Å²) in [4.78, 5) is 14.2. The molecule has 0 saturated heterocycles. The standard InChI is InChI=1S/C22H28N4OS/c1-4-17(5-2)27-18-9-10-20(15(3)11-18)21-12-16(25-14-26-21)7-6-8-19-13-24-22(23)28-19/h9-14,17H,4-8H2,1-3H3,(H2,23,24). The summed E-state index contributed by atoms with van der Waals surface area (Å²) in [5, 5.41) is 0.631. The van der Waals surface area contributed by atoms with Crippen molar-refractivity contribution in [2.45, 2.75) is 59.0 Å². The molecule has 5 nitrogen and oxygen atoms in total. The summed E-state index contributed by atoms with van der Waals surface area (Å²) < 4.78 is 6.06. The summed E-state index contributed by atoms with van der Waals surface area (Å²) in [5.74, 6) is 0.924. The second-order valence-corrected chi connectivity index (χ2v) is 8.09. The maximum atomic E-state index is 6.06. The Labute approximate surface area is 171 Å². The van der Waals surface area contributed by atoms with E-state index >= 15 is 0 Å². The van der Waals surface area contributed by atoms with Crippen molar-refractivity contribution in [3.63, 3.8) is 0 Å². The lowest BCUT2D eigenvalue weighted by atomic mass is 10.0. The Balaban J connectivity index is 1.67. The maximum Gasteiger partial charge on any atom is 0.180 e. The van der Waals surface area contributed by atoms with Gasteiger partial charge in [0.15, 0.2) is 5.13 Å². The molecule has 0 radical (unpaired) electrons. The number of benzene rings is 1. The molecule has 6 heteroatoms. The first-order valence-corrected chi connectivity index (χ1v) is 10.7. The van der Waals surface area contributed by atoms with Crippen LogP contribution in [0.25, 0.3) is 11.3 Å². The monoisotopic (exact) mass is 396 g/mol. The molecule has 0 bridgehead atoms. The average molecular weight is 397 g/mol. The van der Waals surface area contributed by atoms with Gasteiger partial charge in [0.25, 0.3) is 0 Å². The van der Waals surface area contributed by atoms with Gasteiger partial charge in [-0.05, 0) is 68.9 Å². The Morgan fingerprint density at radius 1 is 1.07 bits per heavy atom. The number of hydrogen-bond acceptors (Lipinski definition) is 6. The van der Waals surface area contributed by atoms with E-state index in [0.29, 0.717) is 5.13 Å². The number of thiazole rings is 1. The SMILES string of the molecule is CCC(CC)Oc1ccc(-c2cc(CCCc3cnc(N)s3)ncn2)c(C)c1. The van der Waals surface area contributed by atoms with Gasteiger partial charge in [0.1, 0.15) is 12.1 Å². The molecule has 0 amide bonds. The first-order valence-electron chi connectivity index (χ1n) is 9.87. The molecular formula is C22H28N4OS. The number of hydrogen-bond donors (Lipinski definition) is 1. The number of nitrogen functional groups attached to an aromatic ring is 1. The van der Waals surface area contributed by atoms with Crippen molar-refractivity contribution < 1.29 is 4.74 Å². The lowest BCUT2D eigenvalue weighted by Gasteiger charge is -2.17. The molecule has 28 heavy (non-hydrogen) atoms. The minimum absolute atomic E-state index is 0.268. The van der Waals surface area contributed by atoms with Crippen molar-refractivity contribution in [2.75, 3.05) is 5.73 Å². The van der Waals surface area contributed by atoms with Crippen LogP contribution in [0.3, 0.4) is 0 Å². The second-order valence-electron chi connectivity index (χ2n) is 6.95. The molecule has 2 heterocycles. The first kappa shape index (κ1) is 20.3. The summed E-state index contributed by atoms with van der Waals surface area (Å²) in [5.41, 5.74) is 9.98. The molecule has 0 saturated carbocycles. The van der Waals surface area contributed by atoms with E-state index in [0.717, 1.165) is 60.4 Å². The molecule has 2 aromatic heterocycles. The van der Waals surface area contributed by atoms with Gasteiger partial charge in [-0.15, -0.1) is 11.3 Å². The highest BCUT2D eigenvalue weighted by Crippen LogP contribution is 2.27. The molecular weight excluding hydrogens is 368 g/mol. The predicted molar refractivity (Wildman–Crippen MR) is 116 cm³/mol. The van der Waals surface area contributed by atoms with Gasteiger partial charge in [-0.1, -0.05) is 13.8 Å². The smallest absolute Gasteiger partial charge is 0.180 e. The fraction of sp³-hybridized carbons (Fsp3) is 0.409. The van der Waals surface area contributed by atoms with Crippen molar-refractivity contribution in [3.8, 4) is 17.0 Å². The number of nitrogens with zero attached hydrogens (tertiary/aromatic N) is 3. The van der Waals surface area contributed by atoms with Crippen LogP contribution in [0.2, 0.25) is 0 Å². The fourth-order valence-electron chi connectivity index (χ4n) is 3.21. The minimum Gasteiger partial charge on any atom is -0.490 e. The van der Waals surface area contributed by atoms with E-state index in [1.807, 2.05) is 12.3 Å². The Kier molecular flexibility index (Phi) is 6.98. The number of anilines is 1. The fourth-order valence-corrected chi connectivity index (χ4v) is 3.93. The van der Waals surface area contributed by atoms with Gasteiger partial charge in [-0.3, -0.25) is 0 Å². The molecule has 3 rings (SSSR count). The second kappa shape index (κ2) is 9.64. The van der Waals surface area contributed by atoms with Gasteiger partial charge in [0, 0.05) is 22.3 Å². The summed E-state index contributed by atoms with van der Waals surface area (Å²) in [6.45, 7) is 6.41. The van der Waals surface area contributed by atoms with Crippen molar-refractivity contribution >= 4 is 16.5 Å². The van der Waals surface area contributed by atoms with Crippen LogP contribution >= 0.6 is 11.3 Å². The third-order valence-corrected chi connectivity index (χ3v) is 5.72. The molecule has 148 valence electrons. The van der Waals surface area contributed by atoms with E-state index in [-0.39, 0.29) is 6.10 Å². The first-order chi connectivity index (χ1) is 13.6. The van der Waals surface area contributed by atoms with Crippen LogP contribution in [0.4, 0.5) is 5.13 Å². The maximum absolute atomic E-state index is 6.06. The van der Waals surface area contributed by atoms with Crippen molar-refractivity contribution in [3.05, 3.63) is 52.9 Å². The van der Waals surface area contributed by atoms with E-state index in [4.69, 9.17) is 10.5 Å². The number of nitrogens with two attached hydrogens (primary N) is 1. The lowest BCUT2D eigenvalue weighted by Crippen LogP contribution is -2.13. The Morgan fingerprint density at radius 3 is 2.57 bits per heavy atom. The highest BCUT2D eigenvalue weighted by Gasteiger charge is 2.10. The molecule has 3 aromatic rings. The van der Waals surface area contributed by atoms with Crippen LogP contribution in [0.5, 0.6) is 5.75 Å². The summed E-state index contributed by atoms with van der Waals surface area (Å²) in [6, 6.07) is 8.32. The number of rotatable bonds is 9. The third kappa shape index (κ3) is 5.29. The molecule has 1 aromatic carbocycles. The van der Waals surface area contributed by atoms with Gasteiger partial charge >= 0.3 is 0 Å². The van der Waals surface area contributed by atoms with Crippen LogP contribution in [-0.4, -0.2) is 21.1 Å². The molecule has 0 aliphatic carbocycles. The molecule has 0 atom stereocenters. The van der Waals surface area contributed by atoms with Crippen LogP contribution in [0.1, 0.15) is 49.2 Å². The summed E-state index contributed by atoms with van der Waals surface area (Å²) in [6.07, 6.45) is 8.70. The Morgan fingerprint density at radius 2 is 1.89 bits per heavy atom. The van der Waals surface area contributed by atoms with E-state index in [2.05, 4.69) is 53.9 Å². The largest absolute Gasteiger partial charge is 0.490 e. The average Bonchev–Trinajstić information content (AvgIpc) is 3.11. The lowest BCUT2D eigenvalue weighted by molar-refractivity contribution is 0.193. The molecule has 0 spiro atoms. The highest BCUT2D eigenvalue weighted by atomic mass is 32.1. The third-order valence-electron chi connectivity index (χ3n) is 4.84. The Hall–Kier alpha value is -2.47. The van der Waals surface area contributed by atoms with Crippen LogP contribution in [-0.2, 0) is 12.8 Å². The van der Waals surface area contributed by atoms with E-state index in [1.54, 1.807) is 17.7 Å². The van der Waals surface area contributed by atoms with Crippen molar-refractivity contribution in [1.82, 2.24) is 15.0 Å². The zero-order valence-corrected chi connectivity index (χ0v) is 17.6. The van der Waals surface area contributed by atoms with Gasteiger partial charge in [-0.25, -0.2) is 15.0 Å². The number of aryl methyl sites for hydroxylation is 3. The molecule has 0 fully saturated rings. The normalized spacial score (nSPS) is 11.1. The van der Waals surface area contributed by atoms with Crippen molar-refractivity contribution in [1.29, 1.82) is 0 Å². The molecule has 2 N–H and O–H groups in total. The van der Waals surface area contributed by atoms with Crippen LogP contribution < -0.4 is 10.5 Å². The van der Waals surface area contributed by atoms with Gasteiger partial charge in [0.05, 0.1) is 11.8 Å².